The van der Waals surface area contributed by atoms with Crippen LogP contribution in [0.3, 0.4) is 0 Å². The van der Waals surface area contributed by atoms with Crippen LogP contribution in [0, 0.1) is 11.8 Å². The molecule has 2 amide bonds. The number of nitrogens with one attached hydrogen (secondary N) is 1. The highest BCUT2D eigenvalue weighted by atomic mass is 35.5. The van der Waals surface area contributed by atoms with E-state index in [1.165, 1.54) is 46.5 Å². The second kappa shape index (κ2) is 16.2. The number of nitrogens with zero attached hydrogens (tertiary/aromatic N) is 7. The third-order valence-corrected chi connectivity index (χ3v) is 13.8. The van der Waals surface area contributed by atoms with Crippen LogP contribution in [-0.2, 0) is 54.2 Å². The molecule has 3 aromatic heterocycles. The van der Waals surface area contributed by atoms with E-state index in [2.05, 4.69) is 15.4 Å². The van der Waals surface area contributed by atoms with Crippen molar-refractivity contribution in [2.75, 3.05) is 19.6 Å². The summed E-state index contributed by atoms with van der Waals surface area (Å²) in [5.74, 6) is -3.37. The van der Waals surface area contributed by atoms with Crippen LogP contribution in [0.5, 0.6) is 23.0 Å². The summed E-state index contributed by atoms with van der Waals surface area (Å²) in [7, 11) is 4.48. The van der Waals surface area contributed by atoms with E-state index in [9.17, 15) is 32.7 Å². The van der Waals surface area contributed by atoms with Gasteiger partial charge in [-0.2, -0.15) is 18.2 Å². The lowest BCUT2D eigenvalue weighted by atomic mass is 9.52. The lowest BCUT2D eigenvalue weighted by Gasteiger charge is -2.49. The molecule has 4 atom stereocenters. The second-order valence-electron chi connectivity index (χ2n) is 16.8. The van der Waals surface area contributed by atoms with Gasteiger partial charge in [0.2, 0.25) is 0 Å². The van der Waals surface area contributed by atoms with Crippen molar-refractivity contribution in [1.29, 1.82) is 0 Å². The van der Waals surface area contributed by atoms with Gasteiger partial charge >= 0.3 is 17.6 Å². The lowest BCUT2D eigenvalue weighted by Crippen LogP contribution is -2.55. The fraction of sp³-hybridized carbons (Fsp3) is 0.283. The molecule has 2 N–H and O–H groups in total. The van der Waals surface area contributed by atoms with Gasteiger partial charge in [0.1, 0.15) is 17.2 Å². The number of halogens is 5. The van der Waals surface area contributed by atoms with Gasteiger partial charge in [-0.3, -0.25) is 19.8 Å². The first kappa shape index (κ1) is 44.5. The summed E-state index contributed by atoms with van der Waals surface area (Å²) in [5.41, 5.74) is 0.423. The van der Waals surface area contributed by atoms with Crippen molar-refractivity contribution in [1.82, 2.24) is 33.5 Å². The molecule has 4 aliphatic rings. The van der Waals surface area contributed by atoms with Crippen molar-refractivity contribution >= 4 is 51.9 Å². The first-order valence-corrected chi connectivity index (χ1v) is 21.8. The van der Waals surface area contributed by atoms with Gasteiger partial charge in [0.15, 0.2) is 17.3 Å². The number of rotatable bonds is 9. The molecule has 0 spiro atoms. The number of benzene rings is 3. The summed E-state index contributed by atoms with van der Waals surface area (Å²) in [4.78, 5) is 81.7. The number of anilines is 1. The smallest absolute Gasteiger partial charge is 0.417 e. The fourth-order valence-corrected chi connectivity index (χ4v) is 10.5. The number of hydrogen-bond donors (Lipinski definition) is 2. The number of phenols is 1. The number of hydrazine groups is 1. The first-order valence-electron chi connectivity index (χ1n) is 21.0. The van der Waals surface area contributed by atoms with Crippen molar-refractivity contribution in [3.63, 3.8) is 0 Å². The zero-order valence-electron chi connectivity index (χ0n) is 36.0. The molecular weight excluding hydrogens is 936 g/mol. The zero-order chi connectivity index (χ0) is 48.1. The van der Waals surface area contributed by atoms with Gasteiger partial charge in [-0.25, -0.2) is 33.5 Å². The summed E-state index contributed by atoms with van der Waals surface area (Å²) < 4.78 is 62.7. The van der Waals surface area contributed by atoms with Crippen LogP contribution in [-0.4, -0.2) is 64.6 Å². The molecule has 1 saturated carbocycles. The quantitative estimate of drug-likeness (QED) is 0.133. The molecule has 3 aliphatic heterocycles. The van der Waals surface area contributed by atoms with Gasteiger partial charge in [0.05, 0.1) is 66.0 Å². The second-order valence-corrected chi connectivity index (χ2v) is 17.6. The van der Waals surface area contributed by atoms with E-state index in [0.29, 0.717) is 72.8 Å². The van der Waals surface area contributed by atoms with Crippen LogP contribution >= 0.6 is 23.2 Å². The number of aromatic nitrogens is 6. The summed E-state index contributed by atoms with van der Waals surface area (Å²) in [6, 6.07) is 13.6. The van der Waals surface area contributed by atoms with E-state index >= 15 is 9.59 Å². The van der Waals surface area contributed by atoms with Crippen LogP contribution in [0.2, 0.25) is 10.0 Å². The number of ether oxygens (including phenoxy) is 3. The Morgan fingerprint density at radius 1 is 0.971 bits per heavy atom. The standard InChI is InChI=1S/C46H37Cl2F3N8O9/c1-55-34-19-37(67-3)36(66-2)18-32(34)53-31(41(55)62)11-12-56-43(64)57-13-10-28-33(59(57)44(56)65)17-29-40(61)58(54-39-30(48)16-25(20-52-39)46(49,50)51)42(63)45(29,24-4-6-26(47)7-5-24)38(28)23-14-22-15-27(60)8-9-35(22)68-21-23/h4-10,15-16,18-21,29,33,38,60H,11-14,17H2,1-3H3,(H,52,54)/t29-,33+,38-,45+/m0/s1. The normalized spacial score (nSPS) is 20.8. The van der Waals surface area contributed by atoms with E-state index in [1.807, 2.05) is 0 Å². The fourth-order valence-electron chi connectivity index (χ4n) is 10.2. The number of imide groups is 1. The molecule has 6 aromatic rings. The molecule has 3 aromatic carbocycles. The number of hydrogen-bond acceptors (Lipinski definition) is 12. The van der Waals surface area contributed by atoms with Gasteiger partial charge in [-0.15, -0.1) is 0 Å². The van der Waals surface area contributed by atoms with Gasteiger partial charge < -0.3 is 23.9 Å². The molecule has 6 heterocycles. The van der Waals surface area contributed by atoms with Gasteiger partial charge in [0.25, 0.3) is 17.4 Å². The summed E-state index contributed by atoms with van der Waals surface area (Å²) in [6.07, 6.45) is -1.35. The Balaban J connectivity index is 1.10. The van der Waals surface area contributed by atoms with E-state index in [1.54, 1.807) is 55.6 Å². The minimum atomic E-state index is -4.80. The molecule has 350 valence electrons. The molecular formula is C46H37Cl2F3N8O9. The average molecular weight is 974 g/mol. The predicted molar refractivity (Wildman–Crippen MR) is 239 cm³/mol. The number of phenolic OH excluding ortho intramolecular Hbond substituents is 1. The molecule has 0 unspecified atom stereocenters. The molecule has 0 bridgehead atoms. The Bertz CT molecular complexity index is 3400. The Morgan fingerprint density at radius 2 is 1.71 bits per heavy atom. The van der Waals surface area contributed by atoms with Crippen molar-refractivity contribution in [3.8, 4) is 23.0 Å². The van der Waals surface area contributed by atoms with Crippen molar-refractivity contribution in [2.45, 2.75) is 50.0 Å². The number of allylic oxidation sites excluding steroid dienone is 3. The molecule has 1 saturated heterocycles. The molecule has 2 fully saturated rings. The van der Waals surface area contributed by atoms with E-state index in [-0.39, 0.29) is 43.8 Å². The van der Waals surface area contributed by atoms with Crippen molar-refractivity contribution in [3.05, 3.63) is 154 Å². The molecule has 10 rings (SSSR count). The van der Waals surface area contributed by atoms with Crippen molar-refractivity contribution in [2.24, 2.45) is 18.9 Å². The molecule has 0 radical (unpaired) electrons. The Hall–Kier alpha value is -7.32. The Kier molecular flexibility index (Phi) is 10.6. The topological polar surface area (TPSA) is 194 Å². The highest BCUT2D eigenvalue weighted by Gasteiger charge is 2.69. The number of methoxy groups -OCH3 is 2. The predicted octanol–water partition coefficient (Wildman–Crippen LogP) is 5.71. The minimum absolute atomic E-state index is 0.0608. The third-order valence-electron chi connectivity index (χ3n) is 13.3. The highest BCUT2D eigenvalue weighted by Crippen LogP contribution is 2.61. The SMILES string of the molecule is COc1cc2nc(CCn3c(=O)n4n(c3=O)[C@@H]3C[C@H]5C(=O)N(Nc6ncc(C(F)(F)F)cc6Cl)C(=O)[C@@]5(c5ccc(Cl)cc5)[C@@H](C5=COc6ccc(O)cc6C5)C3=CC4)c(=O)n(C)c2cc1OC. The number of carbonyl (C=O) groups is 2. The zero-order valence-corrected chi connectivity index (χ0v) is 37.5. The van der Waals surface area contributed by atoms with Crippen LogP contribution in [0.25, 0.3) is 11.0 Å². The Morgan fingerprint density at radius 3 is 2.41 bits per heavy atom. The number of aryl methyl sites for hydroxylation is 2. The van der Waals surface area contributed by atoms with E-state index < -0.39 is 74.6 Å². The van der Waals surface area contributed by atoms with Crippen LogP contribution in [0.1, 0.15) is 34.8 Å². The van der Waals surface area contributed by atoms with Crippen LogP contribution in [0.15, 0.2) is 105 Å². The maximum absolute atomic E-state index is 15.6. The Labute approximate surface area is 391 Å². The lowest BCUT2D eigenvalue weighted by molar-refractivity contribution is -0.139. The minimum Gasteiger partial charge on any atom is -0.508 e. The molecule has 68 heavy (non-hydrogen) atoms. The molecule has 1 aliphatic carbocycles. The van der Waals surface area contributed by atoms with E-state index in [0.717, 1.165) is 4.57 Å². The summed E-state index contributed by atoms with van der Waals surface area (Å²) in [6.45, 7) is -0.409. The van der Waals surface area contributed by atoms with Gasteiger partial charge in [-0.05, 0) is 59.5 Å². The number of aromatic hydroxyl groups is 1. The number of fused-ring (bicyclic) bond motifs is 6. The third kappa shape index (κ3) is 6.78. The first-order chi connectivity index (χ1) is 32.5. The van der Waals surface area contributed by atoms with Crippen molar-refractivity contribution < 1.29 is 42.1 Å². The number of pyridine rings is 1. The maximum Gasteiger partial charge on any atom is 0.417 e. The average Bonchev–Trinajstić information content (AvgIpc) is 3.69. The number of carbonyl (C=O) groups excluding carboxylic acids is 2. The molecule has 17 nitrogen and oxygen atoms in total. The largest absolute Gasteiger partial charge is 0.508 e. The van der Waals surface area contributed by atoms with Gasteiger partial charge in [0, 0.05) is 61.3 Å². The monoisotopic (exact) mass is 972 g/mol. The summed E-state index contributed by atoms with van der Waals surface area (Å²) in [5, 5.41) is 11.0. The maximum atomic E-state index is 15.6. The van der Waals surface area contributed by atoms with E-state index in [4.69, 9.17) is 37.4 Å². The summed E-state index contributed by atoms with van der Waals surface area (Å²) >= 11 is 12.7. The van der Waals surface area contributed by atoms with Crippen LogP contribution < -0.4 is 36.6 Å². The van der Waals surface area contributed by atoms with Gasteiger partial charge in [-0.1, -0.05) is 41.4 Å². The molecule has 22 heteroatoms. The number of alkyl halides is 3. The van der Waals surface area contributed by atoms with Crippen LogP contribution in [0.4, 0.5) is 19.0 Å². The highest BCUT2D eigenvalue weighted by molar-refractivity contribution is 6.33. The number of amides is 2.